The van der Waals surface area contributed by atoms with E-state index in [9.17, 15) is 9.59 Å². The third-order valence-electron chi connectivity index (χ3n) is 2.06. The topological polar surface area (TPSA) is 67.2 Å². The van der Waals surface area contributed by atoms with Crippen molar-refractivity contribution in [1.82, 2.24) is 0 Å². The first-order valence-corrected chi connectivity index (χ1v) is 4.81. The van der Waals surface area contributed by atoms with E-state index in [1.165, 1.54) is 0 Å². The highest BCUT2D eigenvalue weighted by Gasteiger charge is 2.16. The Bertz CT molecular complexity index is 472. The molecule has 0 aliphatic rings. The van der Waals surface area contributed by atoms with Crippen LogP contribution in [0.5, 0.6) is 0 Å². The molecule has 1 aromatic carbocycles. The van der Waals surface area contributed by atoms with E-state index in [1.807, 2.05) is 6.07 Å². The lowest BCUT2D eigenvalue weighted by atomic mass is 9.99. The Balaban J connectivity index is 3.37. The van der Waals surface area contributed by atoms with Gasteiger partial charge < -0.3 is 4.74 Å². The number of hydrogen-bond donors (Lipinski definition) is 0. The van der Waals surface area contributed by atoms with E-state index in [0.29, 0.717) is 6.29 Å². The van der Waals surface area contributed by atoms with Crippen LogP contribution in [0.2, 0.25) is 0 Å². The molecule has 0 amide bonds. The Morgan fingerprint density at radius 1 is 1.56 bits per heavy atom. The molecule has 0 fully saturated rings. The molecule has 1 rings (SSSR count). The maximum absolute atomic E-state index is 11.6. The van der Waals surface area contributed by atoms with Gasteiger partial charge in [-0.05, 0) is 31.5 Å². The molecular weight excluding hydrogens is 206 g/mol. The van der Waals surface area contributed by atoms with Crippen molar-refractivity contribution < 1.29 is 14.3 Å². The largest absolute Gasteiger partial charge is 0.462 e. The van der Waals surface area contributed by atoms with E-state index in [2.05, 4.69) is 0 Å². The number of aryl methyl sites for hydroxylation is 1. The molecule has 82 valence electrons. The fourth-order valence-electron chi connectivity index (χ4n) is 1.39. The molecule has 1 aromatic rings. The van der Waals surface area contributed by atoms with Crippen molar-refractivity contribution in [1.29, 1.82) is 5.26 Å². The van der Waals surface area contributed by atoms with Gasteiger partial charge in [0.05, 0.1) is 23.8 Å². The van der Waals surface area contributed by atoms with Crippen LogP contribution in [0.25, 0.3) is 0 Å². The van der Waals surface area contributed by atoms with Crippen LogP contribution in [0, 0.1) is 18.3 Å². The minimum atomic E-state index is -0.579. The first kappa shape index (κ1) is 11.9. The highest BCUT2D eigenvalue weighted by molar-refractivity contribution is 6.00. The number of nitriles is 1. The van der Waals surface area contributed by atoms with E-state index in [4.69, 9.17) is 10.00 Å². The lowest BCUT2D eigenvalue weighted by Gasteiger charge is -2.07. The molecule has 0 bridgehead atoms. The van der Waals surface area contributed by atoms with Crippen LogP contribution in [0.1, 0.15) is 38.8 Å². The summed E-state index contributed by atoms with van der Waals surface area (Å²) in [7, 11) is 0. The van der Waals surface area contributed by atoms with Crippen LogP contribution >= 0.6 is 0 Å². The van der Waals surface area contributed by atoms with Crippen molar-refractivity contribution in [3.8, 4) is 6.07 Å². The molecule has 0 atom stereocenters. The molecule has 0 saturated heterocycles. The first-order chi connectivity index (χ1) is 7.63. The number of hydrogen-bond acceptors (Lipinski definition) is 4. The molecule has 4 heteroatoms. The molecule has 0 aliphatic heterocycles. The van der Waals surface area contributed by atoms with Crippen molar-refractivity contribution in [3.05, 3.63) is 34.4 Å². The first-order valence-electron chi connectivity index (χ1n) is 4.81. The Hall–Kier alpha value is -2.15. The number of benzene rings is 1. The maximum Gasteiger partial charge on any atom is 0.338 e. The molecule has 4 nitrogen and oxygen atoms in total. The lowest BCUT2D eigenvalue weighted by Crippen LogP contribution is -2.09. The quantitative estimate of drug-likeness (QED) is 0.572. The van der Waals surface area contributed by atoms with Crippen molar-refractivity contribution in [2.24, 2.45) is 0 Å². The van der Waals surface area contributed by atoms with E-state index >= 15 is 0 Å². The number of rotatable bonds is 3. The van der Waals surface area contributed by atoms with E-state index < -0.39 is 5.97 Å². The minimum Gasteiger partial charge on any atom is -0.462 e. The van der Waals surface area contributed by atoms with E-state index in [1.54, 1.807) is 26.0 Å². The third-order valence-corrected chi connectivity index (χ3v) is 2.06. The molecule has 0 aliphatic carbocycles. The average Bonchev–Trinajstić information content (AvgIpc) is 2.28. The Kier molecular flexibility index (Phi) is 3.78. The summed E-state index contributed by atoms with van der Waals surface area (Å²) >= 11 is 0. The number of ether oxygens (including phenoxy) is 1. The van der Waals surface area contributed by atoms with Crippen LogP contribution in [0.3, 0.4) is 0 Å². The Labute approximate surface area is 93.5 Å². The second-order valence-electron chi connectivity index (χ2n) is 3.22. The predicted octanol–water partition coefficient (Wildman–Crippen LogP) is 1.86. The SMILES string of the molecule is CCOC(=O)c1cc(C)cc(C#N)c1C=O. The van der Waals surface area contributed by atoms with Crippen molar-refractivity contribution >= 4 is 12.3 Å². The van der Waals surface area contributed by atoms with Crippen LogP contribution in [-0.4, -0.2) is 18.9 Å². The number of esters is 1. The van der Waals surface area contributed by atoms with E-state index in [0.717, 1.165) is 5.56 Å². The average molecular weight is 217 g/mol. The van der Waals surface area contributed by atoms with Gasteiger partial charge in [-0.2, -0.15) is 5.26 Å². The summed E-state index contributed by atoms with van der Waals surface area (Å²) in [6, 6.07) is 4.99. The zero-order chi connectivity index (χ0) is 12.1. The van der Waals surface area contributed by atoms with Gasteiger partial charge in [0.25, 0.3) is 0 Å². The number of aldehydes is 1. The van der Waals surface area contributed by atoms with Crippen molar-refractivity contribution in [3.63, 3.8) is 0 Å². The summed E-state index contributed by atoms with van der Waals surface area (Å²) < 4.78 is 4.82. The van der Waals surface area contributed by atoms with Gasteiger partial charge in [0.15, 0.2) is 6.29 Å². The molecule has 0 N–H and O–H groups in total. The molecule has 0 aromatic heterocycles. The van der Waals surface area contributed by atoms with Crippen LogP contribution in [-0.2, 0) is 4.74 Å². The Morgan fingerprint density at radius 2 is 2.25 bits per heavy atom. The molecule has 0 spiro atoms. The molecule has 16 heavy (non-hydrogen) atoms. The summed E-state index contributed by atoms with van der Waals surface area (Å²) in [4.78, 5) is 22.4. The molecule has 0 heterocycles. The van der Waals surface area contributed by atoms with Gasteiger partial charge in [-0.1, -0.05) is 0 Å². The zero-order valence-electron chi connectivity index (χ0n) is 9.11. The van der Waals surface area contributed by atoms with Crippen molar-refractivity contribution in [2.75, 3.05) is 6.61 Å². The number of nitrogens with zero attached hydrogens (tertiary/aromatic N) is 1. The van der Waals surface area contributed by atoms with Gasteiger partial charge in [0.2, 0.25) is 0 Å². The van der Waals surface area contributed by atoms with Gasteiger partial charge >= 0.3 is 5.97 Å². The fraction of sp³-hybridized carbons (Fsp3) is 0.250. The highest BCUT2D eigenvalue weighted by atomic mass is 16.5. The number of carbonyl (C=O) groups is 2. The molecule has 0 unspecified atom stereocenters. The van der Waals surface area contributed by atoms with Gasteiger partial charge in [-0.25, -0.2) is 4.79 Å². The second-order valence-corrected chi connectivity index (χ2v) is 3.22. The summed E-state index contributed by atoms with van der Waals surface area (Å²) in [5.74, 6) is -0.579. The van der Waals surface area contributed by atoms with Gasteiger partial charge in [0, 0.05) is 5.56 Å². The molecular formula is C12H11NO3. The summed E-state index contributed by atoms with van der Waals surface area (Å²) in [6.45, 7) is 3.66. The minimum absolute atomic E-state index is 0.0894. The van der Waals surface area contributed by atoms with Gasteiger partial charge in [-0.3, -0.25) is 4.79 Å². The normalized spacial score (nSPS) is 9.31. The van der Waals surface area contributed by atoms with E-state index in [-0.39, 0.29) is 23.3 Å². The lowest BCUT2D eigenvalue weighted by molar-refractivity contribution is 0.0524. The fourth-order valence-corrected chi connectivity index (χ4v) is 1.39. The summed E-state index contributed by atoms with van der Waals surface area (Å²) in [5.41, 5.74) is 1.17. The Morgan fingerprint density at radius 3 is 2.75 bits per heavy atom. The predicted molar refractivity (Wildman–Crippen MR) is 57.2 cm³/mol. The maximum atomic E-state index is 11.6. The van der Waals surface area contributed by atoms with Crippen LogP contribution in [0.15, 0.2) is 12.1 Å². The van der Waals surface area contributed by atoms with Crippen LogP contribution in [0.4, 0.5) is 0 Å². The van der Waals surface area contributed by atoms with Gasteiger partial charge in [0.1, 0.15) is 0 Å². The second kappa shape index (κ2) is 5.08. The summed E-state index contributed by atoms with van der Waals surface area (Å²) in [6.07, 6.45) is 0.504. The molecule has 0 radical (unpaired) electrons. The number of carbonyl (C=O) groups excluding carboxylic acids is 2. The standard InChI is InChI=1S/C12H11NO3/c1-3-16-12(15)10-5-8(2)4-9(6-13)11(10)7-14/h4-5,7H,3H2,1-2H3. The smallest absolute Gasteiger partial charge is 0.338 e. The monoisotopic (exact) mass is 217 g/mol. The van der Waals surface area contributed by atoms with Gasteiger partial charge in [-0.15, -0.1) is 0 Å². The summed E-state index contributed by atoms with van der Waals surface area (Å²) in [5, 5.41) is 8.85. The van der Waals surface area contributed by atoms with Crippen molar-refractivity contribution in [2.45, 2.75) is 13.8 Å². The highest BCUT2D eigenvalue weighted by Crippen LogP contribution is 2.16. The van der Waals surface area contributed by atoms with Crippen LogP contribution < -0.4 is 0 Å². The molecule has 0 saturated carbocycles. The third kappa shape index (κ3) is 2.26. The zero-order valence-corrected chi connectivity index (χ0v) is 9.11.